The zero-order chi connectivity index (χ0) is 17.8. The molecule has 5 heteroatoms. The second kappa shape index (κ2) is 7.49. The molecule has 1 aromatic heterocycles. The Morgan fingerprint density at radius 3 is 2.56 bits per heavy atom. The van der Waals surface area contributed by atoms with Crippen molar-refractivity contribution in [2.24, 2.45) is 7.05 Å². The highest BCUT2D eigenvalue weighted by atomic mass is 19.1. The van der Waals surface area contributed by atoms with Gasteiger partial charge >= 0.3 is 0 Å². The molecule has 0 aliphatic carbocycles. The van der Waals surface area contributed by atoms with Crippen LogP contribution in [-0.2, 0) is 20.2 Å². The normalized spacial score (nSPS) is 11.1. The highest BCUT2D eigenvalue weighted by Gasteiger charge is 2.13. The third-order valence-electron chi connectivity index (χ3n) is 4.01. The molecule has 0 saturated carbocycles. The van der Waals surface area contributed by atoms with Crippen LogP contribution in [0.25, 0.3) is 11.3 Å². The SMILES string of the molecule is CN(C)Cc1ncc(-c2ccc(OCc3ccccc3)cc2F)n1C. The summed E-state index contributed by atoms with van der Waals surface area (Å²) in [7, 11) is 5.86. The number of imidazole rings is 1. The topological polar surface area (TPSA) is 30.3 Å². The number of hydrogen-bond acceptors (Lipinski definition) is 3. The first-order valence-corrected chi connectivity index (χ1v) is 8.16. The van der Waals surface area contributed by atoms with Gasteiger partial charge in [0.25, 0.3) is 0 Å². The predicted octanol–water partition coefficient (Wildman–Crippen LogP) is 3.87. The van der Waals surface area contributed by atoms with Crippen molar-refractivity contribution in [3.63, 3.8) is 0 Å². The van der Waals surface area contributed by atoms with Crippen molar-refractivity contribution in [2.75, 3.05) is 14.1 Å². The van der Waals surface area contributed by atoms with E-state index in [0.29, 0.717) is 24.5 Å². The Balaban J connectivity index is 1.77. The van der Waals surface area contributed by atoms with Gasteiger partial charge < -0.3 is 14.2 Å². The van der Waals surface area contributed by atoms with E-state index >= 15 is 0 Å². The molecule has 0 atom stereocenters. The van der Waals surface area contributed by atoms with E-state index in [2.05, 4.69) is 4.98 Å². The van der Waals surface area contributed by atoms with Crippen LogP contribution < -0.4 is 4.74 Å². The lowest BCUT2D eigenvalue weighted by atomic mass is 10.1. The minimum atomic E-state index is -0.315. The van der Waals surface area contributed by atoms with E-state index in [9.17, 15) is 4.39 Å². The number of ether oxygens (including phenoxy) is 1. The molecule has 0 bridgehead atoms. The Bertz CT molecular complexity index is 843. The summed E-state index contributed by atoms with van der Waals surface area (Å²) < 4.78 is 22.2. The van der Waals surface area contributed by atoms with Crippen molar-refractivity contribution in [3.8, 4) is 17.0 Å². The summed E-state index contributed by atoms with van der Waals surface area (Å²) in [5.74, 6) is 1.09. The highest BCUT2D eigenvalue weighted by Crippen LogP contribution is 2.27. The fourth-order valence-corrected chi connectivity index (χ4v) is 2.66. The molecule has 3 aromatic rings. The van der Waals surface area contributed by atoms with E-state index in [1.165, 1.54) is 6.07 Å². The molecule has 3 rings (SSSR count). The number of nitrogens with zero attached hydrogens (tertiary/aromatic N) is 3. The van der Waals surface area contributed by atoms with Crippen LogP contribution in [0, 0.1) is 5.82 Å². The quantitative estimate of drug-likeness (QED) is 0.683. The van der Waals surface area contributed by atoms with Gasteiger partial charge in [0.05, 0.1) is 18.4 Å². The van der Waals surface area contributed by atoms with Gasteiger partial charge in [-0.15, -0.1) is 0 Å². The van der Waals surface area contributed by atoms with Crippen molar-refractivity contribution in [3.05, 3.63) is 71.9 Å². The molecule has 0 aliphatic heterocycles. The molecular formula is C20H22FN3O. The monoisotopic (exact) mass is 339 g/mol. The Hall–Kier alpha value is -2.66. The van der Waals surface area contributed by atoms with Gasteiger partial charge in [-0.25, -0.2) is 9.37 Å². The number of benzene rings is 2. The molecule has 1 heterocycles. The molecule has 130 valence electrons. The van der Waals surface area contributed by atoms with Crippen LogP contribution in [0.15, 0.2) is 54.7 Å². The fourth-order valence-electron chi connectivity index (χ4n) is 2.66. The summed E-state index contributed by atoms with van der Waals surface area (Å²) in [5, 5.41) is 0. The van der Waals surface area contributed by atoms with Crippen LogP contribution in [0.4, 0.5) is 4.39 Å². The molecule has 2 aromatic carbocycles. The molecular weight excluding hydrogens is 317 g/mol. The Morgan fingerprint density at radius 1 is 1.12 bits per heavy atom. The van der Waals surface area contributed by atoms with Crippen molar-refractivity contribution < 1.29 is 9.13 Å². The molecule has 0 fully saturated rings. The molecule has 0 amide bonds. The molecule has 0 N–H and O–H groups in total. The maximum Gasteiger partial charge on any atom is 0.136 e. The number of aromatic nitrogens is 2. The fraction of sp³-hybridized carbons (Fsp3) is 0.250. The smallest absolute Gasteiger partial charge is 0.136 e. The van der Waals surface area contributed by atoms with Gasteiger partial charge in [-0.05, 0) is 31.8 Å². The first-order chi connectivity index (χ1) is 12.0. The van der Waals surface area contributed by atoms with E-state index in [0.717, 1.165) is 17.1 Å². The van der Waals surface area contributed by atoms with Crippen LogP contribution in [0.1, 0.15) is 11.4 Å². The number of hydrogen-bond donors (Lipinski definition) is 0. The average Bonchev–Trinajstić information content (AvgIpc) is 2.94. The van der Waals surface area contributed by atoms with Gasteiger partial charge in [0, 0.05) is 18.7 Å². The van der Waals surface area contributed by atoms with E-state index in [1.807, 2.05) is 60.9 Å². The van der Waals surface area contributed by atoms with E-state index < -0.39 is 0 Å². The van der Waals surface area contributed by atoms with Gasteiger partial charge in [-0.3, -0.25) is 0 Å². The predicted molar refractivity (Wildman–Crippen MR) is 96.8 cm³/mol. The van der Waals surface area contributed by atoms with Crippen LogP contribution in [0.3, 0.4) is 0 Å². The molecule has 0 unspecified atom stereocenters. The molecule has 25 heavy (non-hydrogen) atoms. The Kier molecular flexibility index (Phi) is 5.14. The standard InChI is InChI=1S/C20H22FN3O/c1-23(2)13-20-22-12-19(24(20)3)17-10-9-16(11-18(17)21)25-14-15-7-5-4-6-8-15/h4-12H,13-14H2,1-3H3. The Morgan fingerprint density at radius 2 is 1.88 bits per heavy atom. The van der Waals surface area contributed by atoms with E-state index in [1.54, 1.807) is 18.3 Å². The second-order valence-electron chi connectivity index (χ2n) is 6.27. The first kappa shape index (κ1) is 17.2. The Labute approximate surface area is 147 Å². The van der Waals surface area contributed by atoms with Crippen LogP contribution >= 0.6 is 0 Å². The summed E-state index contributed by atoms with van der Waals surface area (Å²) >= 11 is 0. The third kappa shape index (κ3) is 4.06. The highest BCUT2D eigenvalue weighted by molar-refractivity contribution is 5.61. The summed E-state index contributed by atoms with van der Waals surface area (Å²) in [5.41, 5.74) is 2.32. The zero-order valence-corrected chi connectivity index (χ0v) is 14.7. The summed E-state index contributed by atoms with van der Waals surface area (Å²) in [6.45, 7) is 1.12. The summed E-state index contributed by atoms with van der Waals surface area (Å²) in [6.07, 6.45) is 1.71. The van der Waals surface area contributed by atoms with Crippen LogP contribution in [0.5, 0.6) is 5.75 Å². The lowest BCUT2D eigenvalue weighted by Crippen LogP contribution is -2.14. The van der Waals surface area contributed by atoms with E-state index in [-0.39, 0.29) is 5.82 Å². The van der Waals surface area contributed by atoms with E-state index in [4.69, 9.17) is 4.74 Å². The molecule has 0 saturated heterocycles. The minimum absolute atomic E-state index is 0.315. The zero-order valence-electron chi connectivity index (χ0n) is 14.7. The van der Waals surface area contributed by atoms with Crippen LogP contribution in [-0.4, -0.2) is 28.5 Å². The largest absolute Gasteiger partial charge is 0.489 e. The molecule has 0 aliphatic rings. The van der Waals surface area contributed by atoms with Gasteiger partial charge in [-0.1, -0.05) is 30.3 Å². The minimum Gasteiger partial charge on any atom is -0.489 e. The third-order valence-corrected chi connectivity index (χ3v) is 4.01. The number of halogens is 1. The molecule has 4 nitrogen and oxygen atoms in total. The number of rotatable bonds is 6. The van der Waals surface area contributed by atoms with Gasteiger partial charge in [0.15, 0.2) is 0 Å². The van der Waals surface area contributed by atoms with Crippen molar-refractivity contribution >= 4 is 0 Å². The van der Waals surface area contributed by atoms with Crippen LogP contribution in [0.2, 0.25) is 0 Å². The second-order valence-corrected chi connectivity index (χ2v) is 6.27. The van der Waals surface area contributed by atoms with Crippen molar-refractivity contribution in [1.82, 2.24) is 14.5 Å². The summed E-state index contributed by atoms with van der Waals surface area (Å²) in [6, 6.07) is 14.8. The van der Waals surface area contributed by atoms with Gasteiger partial charge in [0.1, 0.15) is 24.0 Å². The lowest BCUT2D eigenvalue weighted by molar-refractivity contribution is 0.304. The summed E-state index contributed by atoms with van der Waals surface area (Å²) in [4.78, 5) is 6.43. The average molecular weight is 339 g/mol. The van der Waals surface area contributed by atoms with Crippen molar-refractivity contribution in [2.45, 2.75) is 13.2 Å². The molecule has 0 radical (unpaired) electrons. The van der Waals surface area contributed by atoms with Gasteiger partial charge in [0.2, 0.25) is 0 Å². The maximum atomic E-state index is 14.6. The van der Waals surface area contributed by atoms with Gasteiger partial charge in [-0.2, -0.15) is 0 Å². The molecule has 0 spiro atoms. The van der Waals surface area contributed by atoms with Crippen molar-refractivity contribution in [1.29, 1.82) is 0 Å². The lowest BCUT2D eigenvalue weighted by Gasteiger charge is -2.12. The maximum absolute atomic E-state index is 14.6. The first-order valence-electron chi connectivity index (χ1n) is 8.16.